The molecule has 0 saturated heterocycles. The Morgan fingerprint density at radius 2 is 1.65 bits per heavy atom. The number of hydrogen-bond donors (Lipinski definition) is 0. The molecule has 0 heterocycles. The van der Waals surface area contributed by atoms with Crippen molar-refractivity contribution in [1.29, 1.82) is 0 Å². The zero-order chi connectivity index (χ0) is 12.5. The van der Waals surface area contributed by atoms with E-state index in [9.17, 15) is 0 Å². The monoisotopic (exact) mass is 244 g/mol. The van der Waals surface area contributed by atoms with Crippen LogP contribution in [0.25, 0.3) is 0 Å². The molecule has 1 heteroatoms. The first-order valence-corrected chi connectivity index (χ1v) is 6.91. The molecule has 0 aliphatic heterocycles. The minimum absolute atomic E-state index is 0.272. The standard InChI is InChI=1S/C16H20S/c1-12-5-8-14(9-6-12)17-15-10-7-13(2)11-16(15,3)4/h5-10H,11H2,1-4H3. The van der Waals surface area contributed by atoms with Crippen LogP contribution in [-0.4, -0.2) is 0 Å². The van der Waals surface area contributed by atoms with Crippen LogP contribution in [0.15, 0.2) is 51.8 Å². The summed E-state index contributed by atoms with van der Waals surface area (Å²) in [6.07, 6.45) is 5.70. The van der Waals surface area contributed by atoms with Crippen LogP contribution in [0.2, 0.25) is 0 Å². The maximum Gasteiger partial charge on any atom is 0.0119 e. The zero-order valence-electron chi connectivity index (χ0n) is 11.1. The van der Waals surface area contributed by atoms with Gasteiger partial charge in [-0.05, 0) is 42.7 Å². The van der Waals surface area contributed by atoms with E-state index in [1.807, 2.05) is 11.8 Å². The second-order valence-corrected chi connectivity index (χ2v) is 6.64. The quantitative estimate of drug-likeness (QED) is 0.676. The first-order chi connectivity index (χ1) is 7.97. The lowest BCUT2D eigenvalue weighted by atomic mass is 9.82. The Bertz CT molecular complexity index is 461. The van der Waals surface area contributed by atoms with Crippen molar-refractivity contribution in [2.45, 2.75) is 39.0 Å². The second-order valence-electron chi connectivity index (χ2n) is 5.52. The van der Waals surface area contributed by atoms with E-state index >= 15 is 0 Å². The lowest BCUT2D eigenvalue weighted by Gasteiger charge is -2.30. The molecular weight excluding hydrogens is 224 g/mol. The van der Waals surface area contributed by atoms with Crippen LogP contribution < -0.4 is 0 Å². The highest BCUT2D eigenvalue weighted by Crippen LogP contribution is 2.45. The van der Waals surface area contributed by atoms with Crippen molar-refractivity contribution in [1.82, 2.24) is 0 Å². The smallest absolute Gasteiger partial charge is 0.0119 e. The van der Waals surface area contributed by atoms with Crippen LogP contribution >= 0.6 is 11.8 Å². The maximum absolute atomic E-state index is 2.33. The van der Waals surface area contributed by atoms with Gasteiger partial charge in [-0.3, -0.25) is 0 Å². The first-order valence-electron chi connectivity index (χ1n) is 6.10. The second kappa shape index (κ2) is 4.73. The zero-order valence-corrected chi connectivity index (χ0v) is 11.9. The third-order valence-corrected chi connectivity index (χ3v) is 4.57. The molecule has 90 valence electrons. The van der Waals surface area contributed by atoms with E-state index in [1.165, 1.54) is 20.9 Å². The highest BCUT2D eigenvalue weighted by Gasteiger charge is 2.26. The van der Waals surface area contributed by atoms with Gasteiger partial charge in [0.25, 0.3) is 0 Å². The highest BCUT2D eigenvalue weighted by atomic mass is 32.2. The van der Waals surface area contributed by atoms with Crippen LogP contribution in [-0.2, 0) is 0 Å². The molecule has 0 aromatic heterocycles. The molecule has 1 aromatic rings. The molecule has 1 aromatic carbocycles. The average molecular weight is 244 g/mol. The van der Waals surface area contributed by atoms with Gasteiger partial charge in [-0.25, -0.2) is 0 Å². The van der Waals surface area contributed by atoms with E-state index in [2.05, 4.69) is 64.1 Å². The van der Waals surface area contributed by atoms with Crippen LogP contribution in [0.3, 0.4) is 0 Å². The summed E-state index contributed by atoms with van der Waals surface area (Å²) in [4.78, 5) is 2.80. The van der Waals surface area contributed by atoms with Crippen LogP contribution in [0, 0.1) is 12.3 Å². The molecule has 17 heavy (non-hydrogen) atoms. The van der Waals surface area contributed by atoms with E-state index in [4.69, 9.17) is 0 Å². The fourth-order valence-electron chi connectivity index (χ4n) is 2.19. The van der Waals surface area contributed by atoms with Gasteiger partial charge in [0, 0.05) is 4.90 Å². The summed E-state index contributed by atoms with van der Waals surface area (Å²) in [6, 6.07) is 8.78. The normalized spacial score (nSPS) is 18.6. The van der Waals surface area contributed by atoms with Crippen molar-refractivity contribution in [3.05, 3.63) is 52.5 Å². The van der Waals surface area contributed by atoms with Crippen molar-refractivity contribution >= 4 is 11.8 Å². The van der Waals surface area contributed by atoms with Gasteiger partial charge in [0.2, 0.25) is 0 Å². The van der Waals surface area contributed by atoms with Crippen molar-refractivity contribution < 1.29 is 0 Å². The molecule has 1 aliphatic carbocycles. The number of thioether (sulfide) groups is 1. The minimum Gasteiger partial charge on any atom is -0.0940 e. The lowest BCUT2D eigenvalue weighted by Crippen LogP contribution is -2.15. The summed E-state index contributed by atoms with van der Waals surface area (Å²) in [6.45, 7) is 9.00. The Hall–Kier alpha value is -0.950. The number of rotatable bonds is 2. The molecule has 0 bridgehead atoms. The summed E-state index contributed by atoms with van der Waals surface area (Å²) in [5.41, 5.74) is 3.07. The molecule has 0 spiro atoms. The number of aryl methyl sites for hydroxylation is 1. The molecule has 0 amide bonds. The molecule has 1 aliphatic rings. The van der Waals surface area contributed by atoms with Crippen LogP contribution in [0.1, 0.15) is 32.8 Å². The Balaban J connectivity index is 2.21. The first kappa shape index (κ1) is 12.5. The van der Waals surface area contributed by atoms with Gasteiger partial charge >= 0.3 is 0 Å². The number of benzene rings is 1. The molecule has 0 radical (unpaired) electrons. The molecule has 0 unspecified atom stereocenters. The van der Waals surface area contributed by atoms with Gasteiger partial charge in [0.1, 0.15) is 0 Å². The largest absolute Gasteiger partial charge is 0.0940 e. The van der Waals surface area contributed by atoms with Gasteiger partial charge in [0.15, 0.2) is 0 Å². The van der Waals surface area contributed by atoms with Crippen LogP contribution in [0.5, 0.6) is 0 Å². The van der Waals surface area contributed by atoms with E-state index < -0.39 is 0 Å². The third kappa shape index (κ3) is 3.04. The third-order valence-electron chi connectivity index (χ3n) is 3.16. The van der Waals surface area contributed by atoms with Crippen molar-refractivity contribution in [3.8, 4) is 0 Å². The lowest BCUT2D eigenvalue weighted by molar-refractivity contribution is 0.460. The average Bonchev–Trinajstić information content (AvgIpc) is 2.24. The van der Waals surface area contributed by atoms with Gasteiger partial charge in [-0.2, -0.15) is 0 Å². The Labute approximate surface area is 109 Å². The molecular formula is C16H20S. The number of allylic oxidation sites excluding steroid dienone is 4. The summed E-state index contributed by atoms with van der Waals surface area (Å²) in [5, 5.41) is 0. The van der Waals surface area contributed by atoms with Crippen molar-refractivity contribution in [3.63, 3.8) is 0 Å². The Kier molecular flexibility index (Phi) is 3.48. The van der Waals surface area contributed by atoms with E-state index in [0.29, 0.717) is 0 Å². The molecule has 0 atom stereocenters. The topological polar surface area (TPSA) is 0 Å². The van der Waals surface area contributed by atoms with Crippen molar-refractivity contribution in [2.24, 2.45) is 5.41 Å². The molecule has 0 N–H and O–H groups in total. The molecule has 0 saturated carbocycles. The fourth-order valence-corrected chi connectivity index (χ4v) is 3.20. The van der Waals surface area contributed by atoms with Gasteiger partial charge in [-0.15, -0.1) is 0 Å². The van der Waals surface area contributed by atoms with E-state index in [-0.39, 0.29) is 5.41 Å². The SMILES string of the molecule is CC1=CC=C(Sc2ccc(C)cc2)C(C)(C)C1. The van der Waals surface area contributed by atoms with E-state index in [0.717, 1.165) is 6.42 Å². The van der Waals surface area contributed by atoms with Gasteiger partial charge < -0.3 is 0 Å². The highest BCUT2D eigenvalue weighted by molar-refractivity contribution is 8.03. The summed E-state index contributed by atoms with van der Waals surface area (Å²) in [5.74, 6) is 0. The summed E-state index contributed by atoms with van der Waals surface area (Å²) < 4.78 is 0. The Morgan fingerprint density at radius 1 is 1.00 bits per heavy atom. The van der Waals surface area contributed by atoms with Gasteiger partial charge in [0.05, 0.1) is 0 Å². The summed E-state index contributed by atoms with van der Waals surface area (Å²) in [7, 11) is 0. The minimum atomic E-state index is 0.272. The number of hydrogen-bond acceptors (Lipinski definition) is 1. The van der Waals surface area contributed by atoms with E-state index in [1.54, 1.807) is 0 Å². The molecule has 0 fully saturated rings. The van der Waals surface area contributed by atoms with Crippen molar-refractivity contribution in [2.75, 3.05) is 0 Å². The maximum atomic E-state index is 2.33. The van der Waals surface area contributed by atoms with Crippen LogP contribution in [0.4, 0.5) is 0 Å². The molecule has 2 rings (SSSR count). The van der Waals surface area contributed by atoms with Gasteiger partial charge in [-0.1, -0.05) is 61.0 Å². The summed E-state index contributed by atoms with van der Waals surface area (Å²) >= 11 is 1.90. The predicted molar refractivity (Wildman–Crippen MR) is 77.3 cm³/mol. The predicted octanol–water partition coefficient (Wildman–Crippen LogP) is 5.35. The fraction of sp³-hybridized carbons (Fsp3) is 0.375. The Morgan fingerprint density at radius 3 is 2.24 bits per heavy atom. The molecule has 0 nitrogen and oxygen atoms in total.